The van der Waals surface area contributed by atoms with Crippen molar-refractivity contribution in [2.75, 3.05) is 18.5 Å². The van der Waals surface area contributed by atoms with Crippen LogP contribution >= 0.6 is 11.6 Å². The van der Waals surface area contributed by atoms with Crippen molar-refractivity contribution in [3.8, 4) is 0 Å². The highest BCUT2D eigenvalue weighted by Gasteiger charge is 2.14. The Labute approximate surface area is 117 Å². The molecule has 0 aromatic heterocycles. The van der Waals surface area contributed by atoms with Gasteiger partial charge in [-0.15, -0.1) is 0 Å². The molecule has 0 aliphatic heterocycles. The second kappa shape index (κ2) is 6.73. The van der Waals surface area contributed by atoms with Gasteiger partial charge in [-0.1, -0.05) is 24.4 Å². The molecular formula is C13H17ClN2O3. The van der Waals surface area contributed by atoms with E-state index in [-0.39, 0.29) is 5.69 Å². The Balaban J connectivity index is 1.77. The molecule has 0 spiro atoms. The summed E-state index contributed by atoms with van der Waals surface area (Å²) in [4.78, 5) is 10.1. The molecule has 1 aromatic rings. The maximum atomic E-state index is 10.6. The van der Waals surface area contributed by atoms with Crippen LogP contribution in [-0.4, -0.2) is 24.2 Å². The third kappa shape index (κ3) is 4.08. The van der Waals surface area contributed by atoms with Crippen molar-refractivity contribution >= 4 is 23.0 Å². The lowest BCUT2D eigenvalue weighted by molar-refractivity contribution is -0.384. The second-order valence-corrected chi connectivity index (χ2v) is 5.03. The Hall–Kier alpha value is -1.33. The van der Waals surface area contributed by atoms with Crippen LogP contribution in [0.1, 0.15) is 25.7 Å². The Morgan fingerprint density at radius 2 is 2.16 bits per heavy atom. The molecule has 1 N–H and O–H groups in total. The number of hydrogen-bond acceptors (Lipinski definition) is 4. The smallest absolute Gasteiger partial charge is 0.271 e. The van der Waals surface area contributed by atoms with Gasteiger partial charge in [0.15, 0.2) is 0 Å². The van der Waals surface area contributed by atoms with Gasteiger partial charge in [0, 0.05) is 18.7 Å². The van der Waals surface area contributed by atoms with Gasteiger partial charge >= 0.3 is 0 Å². The standard InChI is InChI=1S/C13H17ClN2O3/c14-12-9-10(16(17)18)5-6-13(12)15-7-8-19-11-3-1-2-4-11/h5-6,9,11,15H,1-4,7-8H2. The summed E-state index contributed by atoms with van der Waals surface area (Å²) in [5.41, 5.74) is 0.694. The molecule has 0 radical (unpaired) electrons. The number of rotatable bonds is 6. The molecular weight excluding hydrogens is 268 g/mol. The van der Waals surface area contributed by atoms with Crippen LogP contribution in [0.3, 0.4) is 0 Å². The molecule has 1 aliphatic rings. The molecule has 0 heterocycles. The van der Waals surface area contributed by atoms with Gasteiger partial charge in [-0.25, -0.2) is 0 Å². The van der Waals surface area contributed by atoms with E-state index in [4.69, 9.17) is 16.3 Å². The van der Waals surface area contributed by atoms with Crippen LogP contribution in [0, 0.1) is 10.1 Å². The number of halogens is 1. The van der Waals surface area contributed by atoms with E-state index < -0.39 is 4.92 Å². The van der Waals surface area contributed by atoms with Crippen LogP contribution in [0.4, 0.5) is 11.4 Å². The van der Waals surface area contributed by atoms with E-state index in [1.807, 2.05) is 0 Å². The zero-order valence-corrected chi connectivity index (χ0v) is 11.4. The quantitative estimate of drug-likeness (QED) is 0.492. The minimum Gasteiger partial charge on any atom is -0.382 e. The van der Waals surface area contributed by atoms with Gasteiger partial charge in [-0.2, -0.15) is 0 Å². The molecule has 104 valence electrons. The monoisotopic (exact) mass is 284 g/mol. The van der Waals surface area contributed by atoms with E-state index in [1.165, 1.54) is 25.0 Å². The van der Waals surface area contributed by atoms with E-state index >= 15 is 0 Å². The zero-order chi connectivity index (χ0) is 13.7. The summed E-state index contributed by atoms with van der Waals surface area (Å²) in [7, 11) is 0. The molecule has 0 amide bonds. The number of non-ortho nitro benzene ring substituents is 1. The fraction of sp³-hybridized carbons (Fsp3) is 0.538. The second-order valence-electron chi connectivity index (χ2n) is 4.63. The Morgan fingerprint density at radius 3 is 2.79 bits per heavy atom. The molecule has 1 fully saturated rings. The minimum atomic E-state index is -0.459. The van der Waals surface area contributed by atoms with Crippen LogP contribution in [0.15, 0.2) is 18.2 Å². The van der Waals surface area contributed by atoms with Crippen LogP contribution < -0.4 is 5.32 Å². The Bertz CT molecular complexity index is 448. The first kappa shape index (κ1) is 14.1. The van der Waals surface area contributed by atoms with Gasteiger partial charge in [0.2, 0.25) is 0 Å². The van der Waals surface area contributed by atoms with Gasteiger partial charge in [-0.05, 0) is 18.9 Å². The Kier molecular flexibility index (Phi) is 4.99. The first-order valence-electron chi connectivity index (χ1n) is 6.46. The number of nitro benzene ring substituents is 1. The molecule has 1 saturated carbocycles. The van der Waals surface area contributed by atoms with Crippen LogP contribution in [0.2, 0.25) is 5.02 Å². The third-order valence-electron chi connectivity index (χ3n) is 3.24. The number of hydrogen-bond donors (Lipinski definition) is 1. The highest BCUT2D eigenvalue weighted by Crippen LogP contribution is 2.26. The van der Waals surface area contributed by atoms with Gasteiger partial charge < -0.3 is 10.1 Å². The number of benzene rings is 1. The molecule has 1 aliphatic carbocycles. The number of nitro groups is 1. The number of nitrogens with one attached hydrogen (secondary N) is 1. The van der Waals surface area contributed by atoms with E-state index in [9.17, 15) is 10.1 Å². The fourth-order valence-electron chi connectivity index (χ4n) is 2.23. The first-order chi connectivity index (χ1) is 9.16. The lowest BCUT2D eigenvalue weighted by Crippen LogP contribution is -2.15. The maximum Gasteiger partial charge on any atom is 0.271 e. The lowest BCUT2D eigenvalue weighted by atomic mass is 10.3. The summed E-state index contributed by atoms with van der Waals surface area (Å²) < 4.78 is 5.71. The number of anilines is 1. The van der Waals surface area contributed by atoms with E-state index in [2.05, 4.69) is 5.32 Å². The molecule has 0 atom stereocenters. The summed E-state index contributed by atoms with van der Waals surface area (Å²) >= 11 is 5.97. The highest BCUT2D eigenvalue weighted by molar-refractivity contribution is 6.33. The summed E-state index contributed by atoms with van der Waals surface area (Å²) in [6.45, 7) is 1.27. The minimum absolute atomic E-state index is 0.00208. The Morgan fingerprint density at radius 1 is 1.42 bits per heavy atom. The SMILES string of the molecule is O=[N+]([O-])c1ccc(NCCOC2CCCC2)c(Cl)c1. The van der Waals surface area contributed by atoms with E-state index in [0.29, 0.717) is 30.0 Å². The zero-order valence-electron chi connectivity index (χ0n) is 10.6. The van der Waals surface area contributed by atoms with Crippen molar-refractivity contribution in [2.24, 2.45) is 0 Å². The summed E-state index contributed by atoms with van der Waals surface area (Å²) in [5.74, 6) is 0. The molecule has 0 bridgehead atoms. The molecule has 19 heavy (non-hydrogen) atoms. The van der Waals surface area contributed by atoms with Crippen molar-refractivity contribution in [3.05, 3.63) is 33.3 Å². The van der Waals surface area contributed by atoms with Crippen molar-refractivity contribution in [2.45, 2.75) is 31.8 Å². The van der Waals surface area contributed by atoms with Gasteiger partial charge in [0.25, 0.3) is 5.69 Å². The van der Waals surface area contributed by atoms with Gasteiger partial charge in [-0.3, -0.25) is 10.1 Å². The van der Waals surface area contributed by atoms with Crippen molar-refractivity contribution in [3.63, 3.8) is 0 Å². The predicted molar refractivity (Wildman–Crippen MR) is 74.8 cm³/mol. The first-order valence-corrected chi connectivity index (χ1v) is 6.84. The largest absolute Gasteiger partial charge is 0.382 e. The summed E-state index contributed by atoms with van der Waals surface area (Å²) in [6.07, 6.45) is 5.21. The van der Waals surface area contributed by atoms with Crippen LogP contribution in [-0.2, 0) is 4.74 Å². The summed E-state index contributed by atoms with van der Waals surface area (Å²) in [6, 6.07) is 4.41. The van der Waals surface area contributed by atoms with Crippen LogP contribution in [0.25, 0.3) is 0 Å². The lowest BCUT2D eigenvalue weighted by Gasteiger charge is -2.12. The summed E-state index contributed by atoms with van der Waals surface area (Å²) in [5, 5.41) is 14.1. The molecule has 0 saturated heterocycles. The van der Waals surface area contributed by atoms with Gasteiger partial charge in [0.1, 0.15) is 0 Å². The third-order valence-corrected chi connectivity index (χ3v) is 3.55. The topological polar surface area (TPSA) is 64.4 Å². The highest BCUT2D eigenvalue weighted by atomic mass is 35.5. The van der Waals surface area contributed by atoms with E-state index in [1.54, 1.807) is 6.07 Å². The molecule has 5 nitrogen and oxygen atoms in total. The van der Waals surface area contributed by atoms with Gasteiger partial charge in [0.05, 0.1) is 28.3 Å². The normalized spacial score (nSPS) is 15.6. The molecule has 6 heteroatoms. The van der Waals surface area contributed by atoms with Crippen LogP contribution in [0.5, 0.6) is 0 Å². The molecule has 1 aromatic carbocycles. The predicted octanol–water partition coefficient (Wildman–Crippen LogP) is 3.62. The van der Waals surface area contributed by atoms with Crippen molar-refractivity contribution in [1.82, 2.24) is 0 Å². The average Bonchev–Trinajstić information content (AvgIpc) is 2.89. The fourth-order valence-corrected chi connectivity index (χ4v) is 2.47. The number of nitrogens with zero attached hydrogens (tertiary/aromatic N) is 1. The van der Waals surface area contributed by atoms with Crippen molar-refractivity contribution < 1.29 is 9.66 Å². The van der Waals surface area contributed by atoms with E-state index in [0.717, 1.165) is 12.8 Å². The molecule has 0 unspecified atom stereocenters. The average molecular weight is 285 g/mol. The number of ether oxygens (including phenoxy) is 1. The van der Waals surface area contributed by atoms with Crippen molar-refractivity contribution in [1.29, 1.82) is 0 Å². The maximum absolute atomic E-state index is 10.6. The molecule has 2 rings (SSSR count).